The van der Waals surface area contributed by atoms with Crippen LogP contribution in [0.3, 0.4) is 0 Å². The first-order valence-electron chi connectivity index (χ1n) is 10.5. The zero-order valence-corrected chi connectivity index (χ0v) is 16.9. The molecule has 28 heavy (non-hydrogen) atoms. The van der Waals surface area contributed by atoms with Gasteiger partial charge in [0.15, 0.2) is 0 Å². The first-order valence-corrected chi connectivity index (χ1v) is 10.5. The van der Waals surface area contributed by atoms with Gasteiger partial charge in [-0.25, -0.2) is 4.68 Å². The van der Waals surface area contributed by atoms with Crippen molar-refractivity contribution in [2.24, 2.45) is 0 Å². The molecule has 1 amide bonds. The van der Waals surface area contributed by atoms with E-state index in [-0.39, 0.29) is 11.9 Å². The molecule has 0 aliphatic carbocycles. The molecule has 1 atom stereocenters. The minimum atomic E-state index is -0.0102. The minimum Gasteiger partial charge on any atom is -0.325 e. The van der Waals surface area contributed by atoms with E-state index in [2.05, 4.69) is 34.1 Å². The summed E-state index contributed by atoms with van der Waals surface area (Å²) in [5.41, 5.74) is 1.78. The van der Waals surface area contributed by atoms with Gasteiger partial charge in [0.2, 0.25) is 5.91 Å². The van der Waals surface area contributed by atoms with Gasteiger partial charge in [0.1, 0.15) is 0 Å². The molecule has 1 N–H and O–H groups in total. The predicted molar refractivity (Wildman–Crippen MR) is 112 cm³/mol. The lowest BCUT2D eigenvalue weighted by Gasteiger charge is -2.40. The number of nitrogens with zero attached hydrogens (tertiary/aromatic N) is 4. The zero-order valence-electron chi connectivity index (χ0n) is 16.9. The van der Waals surface area contributed by atoms with Crippen molar-refractivity contribution in [2.75, 3.05) is 25.0 Å². The van der Waals surface area contributed by atoms with Crippen molar-refractivity contribution >= 4 is 11.6 Å². The molecule has 1 aromatic carbocycles. The molecule has 0 saturated carbocycles. The Kier molecular flexibility index (Phi) is 5.78. The van der Waals surface area contributed by atoms with Gasteiger partial charge in [0, 0.05) is 30.2 Å². The molecule has 3 heterocycles. The summed E-state index contributed by atoms with van der Waals surface area (Å²) in [6.45, 7) is 7.85. The maximum Gasteiger partial charge on any atom is 0.241 e. The summed E-state index contributed by atoms with van der Waals surface area (Å²) in [6, 6.07) is 10.9. The molecule has 6 nitrogen and oxygen atoms in total. The molecule has 2 saturated heterocycles. The SMILES string of the molecule is CC(C)N1CCC(N2CCCC2C(=O)Nc2cccc(-n3cccn3)c2)CC1. The third-order valence-electron chi connectivity index (χ3n) is 6.18. The van der Waals surface area contributed by atoms with Crippen molar-refractivity contribution in [2.45, 2.75) is 57.7 Å². The maximum absolute atomic E-state index is 13.1. The van der Waals surface area contributed by atoms with Crippen LogP contribution in [0, 0.1) is 0 Å². The smallest absolute Gasteiger partial charge is 0.241 e. The second kappa shape index (κ2) is 8.45. The lowest BCUT2D eigenvalue weighted by molar-refractivity contribution is -0.121. The molecule has 4 rings (SSSR count). The van der Waals surface area contributed by atoms with Crippen molar-refractivity contribution < 1.29 is 4.79 Å². The topological polar surface area (TPSA) is 53.4 Å². The summed E-state index contributed by atoms with van der Waals surface area (Å²) in [5.74, 6) is 0.126. The summed E-state index contributed by atoms with van der Waals surface area (Å²) < 4.78 is 1.81. The van der Waals surface area contributed by atoms with Crippen LogP contribution in [0.25, 0.3) is 5.69 Å². The van der Waals surface area contributed by atoms with E-state index < -0.39 is 0 Å². The molecule has 6 heteroatoms. The Morgan fingerprint density at radius 3 is 2.68 bits per heavy atom. The van der Waals surface area contributed by atoms with Crippen LogP contribution in [0.5, 0.6) is 0 Å². The van der Waals surface area contributed by atoms with E-state index in [0.29, 0.717) is 12.1 Å². The number of aromatic nitrogens is 2. The van der Waals surface area contributed by atoms with Gasteiger partial charge in [-0.2, -0.15) is 5.10 Å². The third kappa shape index (κ3) is 4.13. The Hall–Kier alpha value is -2.18. The number of piperidine rings is 1. The Morgan fingerprint density at radius 1 is 1.14 bits per heavy atom. The predicted octanol–water partition coefficient (Wildman–Crippen LogP) is 3.15. The number of nitrogens with one attached hydrogen (secondary N) is 1. The summed E-state index contributed by atoms with van der Waals surface area (Å²) in [4.78, 5) is 18.1. The highest BCUT2D eigenvalue weighted by Gasteiger charge is 2.36. The second-order valence-corrected chi connectivity index (χ2v) is 8.25. The zero-order chi connectivity index (χ0) is 19.5. The van der Waals surface area contributed by atoms with Gasteiger partial charge < -0.3 is 10.2 Å². The molecule has 0 spiro atoms. The fourth-order valence-electron chi connectivity index (χ4n) is 4.61. The number of anilines is 1. The molecule has 2 aromatic rings. The first-order chi connectivity index (χ1) is 13.6. The molecular formula is C22H31N5O. The van der Waals surface area contributed by atoms with E-state index in [0.717, 1.165) is 56.7 Å². The highest BCUT2D eigenvalue weighted by molar-refractivity contribution is 5.95. The lowest BCUT2D eigenvalue weighted by atomic mass is 10.0. The van der Waals surface area contributed by atoms with Gasteiger partial charge >= 0.3 is 0 Å². The van der Waals surface area contributed by atoms with Crippen molar-refractivity contribution in [1.82, 2.24) is 19.6 Å². The summed E-state index contributed by atoms with van der Waals surface area (Å²) in [7, 11) is 0. The van der Waals surface area contributed by atoms with Crippen LogP contribution in [-0.4, -0.2) is 63.2 Å². The van der Waals surface area contributed by atoms with Crippen LogP contribution in [0.1, 0.15) is 39.5 Å². The Morgan fingerprint density at radius 2 is 1.96 bits per heavy atom. The lowest BCUT2D eigenvalue weighted by Crippen LogP contribution is -2.51. The number of benzene rings is 1. The van der Waals surface area contributed by atoms with Crippen LogP contribution in [-0.2, 0) is 4.79 Å². The highest BCUT2D eigenvalue weighted by Crippen LogP contribution is 2.27. The van der Waals surface area contributed by atoms with E-state index >= 15 is 0 Å². The van der Waals surface area contributed by atoms with Crippen LogP contribution >= 0.6 is 0 Å². The number of carbonyl (C=O) groups is 1. The largest absolute Gasteiger partial charge is 0.325 e. The van der Waals surface area contributed by atoms with Gasteiger partial charge in [0.25, 0.3) is 0 Å². The molecule has 2 aliphatic rings. The van der Waals surface area contributed by atoms with Crippen LogP contribution in [0.15, 0.2) is 42.7 Å². The maximum atomic E-state index is 13.1. The van der Waals surface area contributed by atoms with Crippen molar-refractivity contribution in [3.05, 3.63) is 42.7 Å². The van der Waals surface area contributed by atoms with Crippen molar-refractivity contribution in [3.63, 3.8) is 0 Å². The number of likely N-dealkylation sites (tertiary alicyclic amines) is 2. The number of carbonyl (C=O) groups excluding carboxylic acids is 1. The van der Waals surface area contributed by atoms with Gasteiger partial charge in [-0.3, -0.25) is 9.69 Å². The normalized spacial score (nSPS) is 22.0. The number of rotatable bonds is 5. The first kappa shape index (κ1) is 19.2. The van der Waals surface area contributed by atoms with Crippen LogP contribution in [0.4, 0.5) is 5.69 Å². The number of hydrogen-bond donors (Lipinski definition) is 1. The van der Waals surface area contributed by atoms with Gasteiger partial charge in [-0.05, 0) is 83.4 Å². The van der Waals surface area contributed by atoms with Crippen LogP contribution < -0.4 is 5.32 Å². The average molecular weight is 382 g/mol. The van der Waals surface area contributed by atoms with Crippen molar-refractivity contribution in [1.29, 1.82) is 0 Å². The minimum absolute atomic E-state index is 0.0102. The quantitative estimate of drug-likeness (QED) is 0.864. The van der Waals surface area contributed by atoms with Gasteiger partial charge in [-0.15, -0.1) is 0 Å². The average Bonchev–Trinajstić information content (AvgIpc) is 3.40. The fourth-order valence-corrected chi connectivity index (χ4v) is 4.61. The second-order valence-electron chi connectivity index (χ2n) is 8.25. The Labute approximate surface area is 167 Å². The number of amides is 1. The summed E-state index contributed by atoms with van der Waals surface area (Å²) >= 11 is 0. The molecule has 2 fully saturated rings. The van der Waals surface area contributed by atoms with E-state index in [1.165, 1.54) is 0 Å². The molecule has 0 radical (unpaired) electrons. The molecule has 0 bridgehead atoms. The van der Waals surface area contributed by atoms with E-state index in [4.69, 9.17) is 0 Å². The van der Waals surface area contributed by atoms with Gasteiger partial charge in [0.05, 0.1) is 11.7 Å². The fraction of sp³-hybridized carbons (Fsp3) is 0.545. The number of hydrogen-bond acceptors (Lipinski definition) is 4. The molecule has 2 aliphatic heterocycles. The Balaban J connectivity index is 1.40. The van der Waals surface area contributed by atoms with Gasteiger partial charge in [-0.1, -0.05) is 6.07 Å². The molecule has 1 aromatic heterocycles. The summed E-state index contributed by atoms with van der Waals surface area (Å²) in [6.07, 6.45) is 8.05. The highest BCUT2D eigenvalue weighted by atomic mass is 16.2. The monoisotopic (exact) mass is 381 g/mol. The van der Waals surface area contributed by atoms with E-state index in [1.54, 1.807) is 10.9 Å². The third-order valence-corrected chi connectivity index (χ3v) is 6.18. The molecule has 150 valence electrons. The molecular weight excluding hydrogens is 350 g/mol. The van der Waals surface area contributed by atoms with E-state index in [9.17, 15) is 4.79 Å². The molecule has 1 unspecified atom stereocenters. The standard InChI is InChI=1S/C22H31N5O/c1-17(2)25-14-9-19(10-15-25)26-12-4-8-21(26)22(28)24-18-6-3-7-20(16-18)27-13-5-11-23-27/h3,5-7,11,13,16-17,19,21H,4,8-10,12,14-15H2,1-2H3,(H,24,28). The van der Waals surface area contributed by atoms with Crippen molar-refractivity contribution in [3.8, 4) is 5.69 Å². The summed E-state index contributed by atoms with van der Waals surface area (Å²) in [5, 5.41) is 7.42. The Bertz CT molecular complexity index is 780. The van der Waals surface area contributed by atoms with Crippen LogP contribution in [0.2, 0.25) is 0 Å². The van der Waals surface area contributed by atoms with E-state index in [1.807, 2.05) is 36.5 Å².